The highest BCUT2D eigenvalue weighted by atomic mass is 32.2. The van der Waals surface area contributed by atoms with Crippen LogP contribution in [-0.2, 0) is 11.3 Å². The van der Waals surface area contributed by atoms with E-state index in [1.807, 2.05) is 53.9 Å². The fourth-order valence-electron chi connectivity index (χ4n) is 2.10. The zero-order valence-corrected chi connectivity index (χ0v) is 15.3. The number of amides is 1. The van der Waals surface area contributed by atoms with Crippen molar-refractivity contribution in [2.75, 3.05) is 12.9 Å². The number of aromatic nitrogens is 2. The van der Waals surface area contributed by atoms with E-state index in [9.17, 15) is 4.79 Å². The van der Waals surface area contributed by atoms with Gasteiger partial charge in [-0.2, -0.15) is 0 Å². The van der Waals surface area contributed by atoms with Crippen molar-refractivity contribution in [2.45, 2.75) is 11.6 Å². The average molecular weight is 371 g/mol. The van der Waals surface area contributed by atoms with Crippen LogP contribution in [0, 0.1) is 0 Å². The van der Waals surface area contributed by atoms with Gasteiger partial charge in [0.1, 0.15) is 10.8 Å². The minimum Gasteiger partial charge on any atom is -0.497 e. The Morgan fingerprint density at radius 3 is 2.64 bits per heavy atom. The Bertz CT molecular complexity index is 803. The van der Waals surface area contributed by atoms with Gasteiger partial charge in [-0.25, -0.2) is 0 Å². The third kappa shape index (κ3) is 5.04. The second kappa shape index (κ2) is 8.64. The molecule has 1 aromatic carbocycles. The summed E-state index contributed by atoms with van der Waals surface area (Å²) in [7, 11) is 1.64. The lowest BCUT2D eigenvalue weighted by Crippen LogP contribution is -2.24. The Morgan fingerprint density at radius 1 is 1.16 bits per heavy atom. The van der Waals surface area contributed by atoms with Crippen molar-refractivity contribution in [1.82, 2.24) is 15.5 Å². The molecule has 1 N–H and O–H groups in total. The summed E-state index contributed by atoms with van der Waals surface area (Å²) in [4.78, 5) is 13.0. The Hall–Kier alpha value is -2.38. The molecule has 0 saturated heterocycles. The van der Waals surface area contributed by atoms with Crippen LogP contribution < -0.4 is 10.1 Å². The fraction of sp³-hybridized carbons (Fsp3) is 0.167. The summed E-state index contributed by atoms with van der Waals surface area (Å²) in [5.74, 6) is 1.11. The molecule has 25 heavy (non-hydrogen) atoms. The molecule has 0 atom stereocenters. The van der Waals surface area contributed by atoms with Gasteiger partial charge in [-0.05, 0) is 47.8 Å². The number of nitrogens with zero attached hydrogens (tertiary/aromatic N) is 2. The van der Waals surface area contributed by atoms with Crippen molar-refractivity contribution in [3.63, 3.8) is 0 Å². The summed E-state index contributed by atoms with van der Waals surface area (Å²) < 4.78 is 5.15. The van der Waals surface area contributed by atoms with E-state index in [2.05, 4.69) is 15.5 Å². The molecule has 0 spiro atoms. The third-order valence-electron chi connectivity index (χ3n) is 3.42. The van der Waals surface area contributed by atoms with Crippen molar-refractivity contribution in [1.29, 1.82) is 0 Å². The normalized spacial score (nSPS) is 10.4. The predicted octanol–water partition coefficient (Wildman–Crippen LogP) is 3.62. The maximum Gasteiger partial charge on any atom is 0.230 e. The molecule has 5 nitrogen and oxygen atoms in total. The highest BCUT2D eigenvalue weighted by Crippen LogP contribution is 2.22. The molecular formula is C18H17N3O2S2. The predicted molar refractivity (Wildman–Crippen MR) is 101 cm³/mol. The molecule has 0 fully saturated rings. The molecule has 7 heteroatoms. The first-order chi connectivity index (χ1) is 12.2. The minimum absolute atomic E-state index is 0.0144. The number of ether oxygens (including phenoxy) is 1. The number of carbonyl (C=O) groups is 1. The van der Waals surface area contributed by atoms with Gasteiger partial charge in [-0.1, -0.05) is 17.8 Å². The number of thiophene rings is 1. The molecule has 128 valence electrons. The van der Waals surface area contributed by atoms with E-state index >= 15 is 0 Å². The van der Waals surface area contributed by atoms with Gasteiger partial charge in [-0.15, -0.1) is 21.5 Å². The average Bonchev–Trinajstić information content (AvgIpc) is 3.19. The number of rotatable bonds is 7. The number of hydrogen-bond donors (Lipinski definition) is 1. The Morgan fingerprint density at radius 2 is 2.00 bits per heavy atom. The molecule has 0 radical (unpaired) electrons. The molecule has 0 saturated carbocycles. The van der Waals surface area contributed by atoms with Crippen molar-refractivity contribution in [3.8, 4) is 17.0 Å². The van der Waals surface area contributed by atoms with Crippen molar-refractivity contribution >= 4 is 29.0 Å². The summed E-state index contributed by atoms with van der Waals surface area (Å²) in [5.41, 5.74) is 1.76. The van der Waals surface area contributed by atoms with E-state index in [0.29, 0.717) is 12.3 Å². The van der Waals surface area contributed by atoms with Crippen LogP contribution in [0.15, 0.2) is 58.9 Å². The molecule has 0 aliphatic rings. The summed E-state index contributed by atoms with van der Waals surface area (Å²) in [6.45, 7) is 0.569. The third-order valence-corrected chi connectivity index (χ3v) is 5.21. The molecule has 3 aromatic rings. The Balaban J connectivity index is 1.50. The van der Waals surface area contributed by atoms with E-state index in [1.54, 1.807) is 18.4 Å². The highest BCUT2D eigenvalue weighted by Gasteiger charge is 2.06. The quantitative estimate of drug-likeness (QED) is 0.643. The first-order valence-corrected chi connectivity index (χ1v) is 9.51. The Labute approximate surface area is 154 Å². The van der Waals surface area contributed by atoms with Gasteiger partial charge < -0.3 is 10.1 Å². The van der Waals surface area contributed by atoms with Crippen LogP contribution in [0.2, 0.25) is 0 Å². The number of carbonyl (C=O) groups excluding carboxylic acids is 1. The van der Waals surface area contributed by atoms with E-state index in [0.717, 1.165) is 26.9 Å². The van der Waals surface area contributed by atoms with Gasteiger partial charge in [0.2, 0.25) is 5.91 Å². The van der Waals surface area contributed by atoms with Gasteiger partial charge in [-0.3, -0.25) is 4.79 Å². The van der Waals surface area contributed by atoms with Crippen LogP contribution >= 0.6 is 23.1 Å². The van der Waals surface area contributed by atoms with Crippen LogP contribution in [0.25, 0.3) is 11.3 Å². The molecule has 2 aromatic heterocycles. The lowest BCUT2D eigenvalue weighted by Gasteiger charge is -2.05. The molecule has 0 aliphatic heterocycles. The van der Waals surface area contributed by atoms with E-state index in [-0.39, 0.29) is 5.91 Å². The SMILES string of the molecule is COc1ccc(-c2ccc(SCC(=O)NCc3cccs3)nn2)cc1. The van der Waals surface area contributed by atoms with E-state index < -0.39 is 0 Å². The number of benzene rings is 1. The number of hydrogen-bond acceptors (Lipinski definition) is 6. The van der Waals surface area contributed by atoms with Crippen molar-refractivity contribution in [3.05, 3.63) is 58.8 Å². The first-order valence-electron chi connectivity index (χ1n) is 7.64. The molecule has 0 unspecified atom stereocenters. The summed E-state index contributed by atoms with van der Waals surface area (Å²) in [6.07, 6.45) is 0. The summed E-state index contributed by atoms with van der Waals surface area (Å²) >= 11 is 3.00. The van der Waals surface area contributed by atoms with Crippen molar-refractivity contribution < 1.29 is 9.53 Å². The monoisotopic (exact) mass is 371 g/mol. The van der Waals surface area contributed by atoms with Crippen LogP contribution in [0.4, 0.5) is 0 Å². The van der Waals surface area contributed by atoms with Crippen LogP contribution in [0.5, 0.6) is 5.75 Å². The minimum atomic E-state index is -0.0144. The zero-order chi connectivity index (χ0) is 17.5. The number of methoxy groups -OCH3 is 1. The molecule has 3 rings (SSSR count). The standard InChI is InChI=1S/C18H17N3O2S2/c1-23-14-6-4-13(5-7-14)16-8-9-18(21-20-16)25-12-17(22)19-11-15-3-2-10-24-15/h2-10H,11-12H2,1H3,(H,19,22). The second-order valence-electron chi connectivity index (χ2n) is 5.13. The van der Waals surface area contributed by atoms with E-state index in [4.69, 9.17) is 4.74 Å². The summed E-state index contributed by atoms with van der Waals surface area (Å²) in [5, 5.41) is 14.0. The number of nitrogens with one attached hydrogen (secondary N) is 1. The highest BCUT2D eigenvalue weighted by molar-refractivity contribution is 7.99. The van der Waals surface area contributed by atoms with Crippen LogP contribution in [0.1, 0.15) is 4.88 Å². The van der Waals surface area contributed by atoms with E-state index in [1.165, 1.54) is 11.8 Å². The van der Waals surface area contributed by atoms with Crippen molar-refractivity contribution in [2.24, 2.45) is 0 Å². The largest absolute Gasteiger partial charge is 0.497 e. The van der Waals surface area contributed by atoms with Crippen LogP contribution in [-0.4, -0.2) is 29.0 Å². The summed E-state index contributed by atoms with van der Waals surface area (Å²) in [6, 6.07) is 15.4. The molecular weight excluding hydrogens is 354 g/mol. The van der Waals surface area contributed by atoms with Gasteiger partial charge in [0, 0.05) is 10.4 Å². The zero-order valence-electron chi connectivity index (χ0n) is 13.6. The van der Waals surface area contributed by atoms with Gasteiger partial charge in [0.05, 0.1) is 25.1 Å². The molecule has 1 amide bonds. The molecule has 0 aliphatic carbocycles. The number of thioether (sulfide) groups is 1. The van der Waals surface area contributed by atoms with Gasteiger partial charge in [0.15, 0.2) is 0 Å². The molecule has 2 heterocycles. The molecule has 0 bridgehead atoms. The lowest BCUT2D eigenvalue weighted by atomic mass is 10.1. The topological polar surface area (TPSA) is 64.1 Å². The Kier molecular flexibility index (Phi) is 6.03. The maximum atomic E-state index is 11.9. The van der Waals surface area contributed by atoms with Gasteiger partial charge in [0.25, 0.3) is 0 Å². The van der Waals surface area contributed by atoms with Crippen LogP contribution in [0.3, 0.4) is 0 Å². The second-order valence-corrected chi connectivity index (χ2v) is 7.16. The smallest absolute Gasteiger partial charge is 0.230 e. The fourth-order valence-corrected chi connectivity index (χ4v) is 3.39. The maximum absolute atomic E-state index is 11.9. The lowest BCUT2D eigenvalue weighted by molar-refractivity contribution is -0.118. The first kappa shape index (κ1) is 17.4. The van der Waals surface area contributed by atoms with Gasteiger partial charge >= 0.3 is 0 Å².